The Morgan fingerprint density at radius 2 is 1.71 bits per heavy atom. The SMILES string of the molecule is Cl.Cl.Fc1ccc(N2CCN(CCC3OCCc4cc(Cl)ccc43)CC2)cc1. The van der Waals surface area contributed by atoms with Crippen molar-refractivity contribution in [2.24, 2.45) is 0 Å². The molecule has 2 aromatic carbocycles. The topological polar surface area (TPSA) is 15.7 Å². The minimum atomic E-state index is -0.179. The van der Waals surface area contributed by atoms with E-state index in [1.54, 1.807) is 0 Å². The lowest BCUT2D eigenvalue weighted by Gasteiger charge is -2.37. The minimum Gasteiger partial charge on any atom is -0.373 e. The summed E-state index contributed by atoms with van der Waals surface area (Å²) in [6.45, 7) is 5.81. The Morgan fingerprint density at radius 3 is 2.43 bits per heavy atom. The second-order valence-corrected chi connectivity index (χ2v) is 7.48. The van der Waals surface area contributed by atoms with Gasteiger partial charge in [0.15, 0.2) is 0 Å². The van der Waals surface area contributed by atoms with E-state index in [-0.39, 0.29) is 36.7 Å². The summed E-state index contributed by atoms with van der Waals surface area (Å²) >= 11 is 6.12. The van der Waals surface area contributed by atoms with Crippen LogP contribution in [0.4, 0.5) is 10.1 Å². The Kier molecular flexibility index (Phi) is 8.84. The lowest BCUT2D eigenvalue weighted by atomic mass is 9.95. The molecule has 4 rings (SSSR count). The number of benzene rings is 2. The zero-order valence-corrected chi connectivity index (χ0v) is 18.0. The van der Waals surface area contributed by atoms with Crippen molar-refractivity contribution in [2.45, 2.75) is 18.9 Å². The van der Waals surface area contributed by atoms with Gasteiger partial charge in [0.05, 0.1) is 12.7 Å². The zero-order chi connectivity index (χ0) is 17.9. The first-order valence-corrected chi connectivity index (χ1v) is 9.69. The van der Waals surface area contributed by atoms with Crippen molar-refractivity contribution in [3.63, 3.8) is 0 Å². The Balaban J connectivity index is 0.00000140. The minimum absolute atomic E-state index is 0. The predicted molar refractivity (Wildman–Crippen MR) is 118 cm³/mol. The van der Waals surface area contributed by atoms with Crippen molar-refractivity contribution < 1.29 is 9.13 Å². The van der Waals surface area contributed by atoms with Crippen LogP contribution in [-0.4, -0.2) is 44.2 Å². The van der Waals surface area contributed by atoms with E-state index < -0.39 is 0 Å². The lowest BCUT2D eigenvalue weighted by Crippen LogP contribution is -2.46. The van der Waals surface area contributed by atoms with Gasteiger partial charge in [0.25, 0.3) is 0 Å². The molecule has 1 unspecified atom stereocenters. The molecule has 0 N–H and O–H groups in total. The number of anilines is 1. The fraction of sp³-hybridized carbons (Fsp3) is 0.429. The number of halogens is 4. The van der Waals surface area contributed by atoms with Crippen LogP contribution in [-0.2, 0) is 11.2 Å². The van der Waals surface area contributed by atoms with E-state index in [0.29, 0.717) is 0 Å². The van der Waals surface area contributed by atoms with E-state index in [9.17, 15) is 4.39 Å². The molecule has 7 heteroatoms. The number of fused-ring (bicyclic) bond motifs is 1. The molecule has 0 saturated carbocycles. The number of hydrogen-bond donors (Lipinski definition) is 0. The van der Waals surface area contributed by atoms with Crippen molar-refractivity contribution in [3.05, 3.63) is 64.4 Å². The van der Waals surface area contributed by atoms with Gasteiger partial charge >= 0.3 is 0 Å². The van der Waals surface area contributed by atoms with Crippen molar-refractivity contribution in [2.75, 3.05) is 44.2 Å². The highest BCUT2D eigenvalue weighted by Crippen LogP contribution is 2.31. The van der Waals surface area contributed by atoms with Crippen LogP contribution in [0.2, 0.25) is 5.02 Å². The van der Waals surface area contributed by atoms with Crippen LogP contribution in [0.15, 0.2) is 42.5 Å². The van der Waals surface area contributed by atoms with Crippen molar-refractivity contribution in [1.29, 1.82) is 0 Å². The first-order valence-electron chi connectivity index (χ1n) is 9.32. The van der Waals surface area contributed by atoms with Gasteiger partial charge in [-0.1, -0.05) is 17.7 Å². The summed E-state index contributed by atoms with van der Waals surface area (Å²) in [5.41, 5.74) is 3.73. The summed E-state index contributed by atoms with van der Waals surface area (Å²) in [6, 6.07) is 13.0. The Bertz CT molecular complexity index is 752. The van der Waals surface area contributed by atoms with Gasteiger partial charge in [0.2, 0.25) is 0 Å². The van der Waals surface area contributed by atoms with Gasteiger partial charge in [-0.2, -0.15) is 0 Å². The monoisotopic (exact) mass is 446 g/mol. The summed E-state index contributed by atoms with van der Waals surface area (Å²) in [7, 11) is 0. The molecule has 2 aromatic rings. The zero-order valence-electron chi connectivity index (χ0n) is 15.7. The molecule has 2 aliphatic heterocycles. The molecule has 28 heavy (non-hydrogen) atoms. The lowest BCUT2D eigenvalue weighted by molar-refractivity contribution is 0.0289. The molecular formula is C21H26Cl3FN2O. The smallest absolute Gasteiger partial charge is 0.123 e. The fourth-order valence-corrected chi connectivity index (χ4v) is 4.12. The van der Waals surface area contributed by atoms with E-state index in [1.165, 1.54) is 23.3 Å². The van der Waals surface area contributed by atoms with Crippen LogP contribution >= 0.6 is 36.4 Å². The predicted octanol–water partition coefficient (Wildman–Crippen LogP) is 5.15. The maximum atomic E-state index is 13.1. The van der Waals surface area contributed by atoms with E-state index in [4.69, 9.17) is 16.3 Å². The molecule has 0 spiro atoms. The quantitative estimate of drug-likeness (QED) is 0.645. The van der Waals surface area contributed by atoms with Gasteiger partial charge < -0.3 is 9.64 Å². The van der Waals surface area contributed by atoms with Gasteiger partial charge in [-0.3, -0.25) is 4.90 Å². The molecule has 0 amide bonds. The van der Waals surface area contributed by atoms with Crippen LogP contribution in [0.3, 0.4) is 0 Å². The van der Waals surface area contributed by atoms with Crippen LogP contribution in [0.1, 0.15) is 23.7 Å². The average molecular weight is 448 g/mol. The molecule has 3 nitrogen and oxygen atoms in total. The van der Waals surface area contributed by atoms with Gasteiger partial charge in [0.1, 0.15) is 5.82 Å². The molecule has 0 aromatic heterocycles. The largest absolute Gasteiger partial charge is 0.373 e. The Labute approximate surface area is 183 Å². The third kappa shape index (κ3) is 5.52. The Morgan fingerprint density at radius 1 is 1.00 bits per heavy atom. The third-order valence-corrected chi connectivity index (χ3v) is 5.65. The molecule has 0 bridgehead atoms. The molecule has 2 heterocycles. The molecule has 154 valence electrons. The average Bonchev–Trinajstić information content (AvgIpc) is 2.67. The number of nitrogens with zero attached hydrogens (tertiary/aromatic N) is 2. The van der Waals surface area contributed by atoms with Gasteiger partial charge in [-0.05, 0) is 60.4 Å². The summed E-state index contributed by atoms with van der Waals surface area (Å²) in [6.07, 6.45) is 2.12. The van der Waals surface area contributed by atoms with E-state index in [1.807, 2.05) is 18.2 Å². The maximum absolute atomic E-state index is 13.1. The summed E-state index contributed by atoms with van der Waals surface area (Å²) < 4.78 is 19.1. The fourth-order valence-electron chi connectivity index (χ4n) is 3.93. The highest BCUT2D eigenvalue weighted by atomic mass is 35.5. The number of ether oxygens (including phenoxy) is 1. The Hall–Kier alpha value is -1.04. The third-order valence-electron chi connectivity index (χ3n) is 5.41. The summed E-state index contributed by atoms with van der Waals surface area (Å²) in [5, 5.41) is 0.807. The highest BCUT2D eigenvalue weighted by molar-refractivity contribution is 6.30. The van der Waals surface area contributed by atoms with Crippen molar-refractivity contribution in [3.8, 4) is 0 Å². The second kappa shape index (κ2) is 10.7. The summed E-state index contributed by atoms with van der Waals surface area (Å²) in [4.78, 5) is 4.82. The van der Waals surface area contributed by atoms with Crippen LogP contribution in [0, 0.1) is 5.82 Å². The molecule has 1 fully saturated rings. The second-order valence-electron chi connectivity index (χ2n) is 7.05. The van der Waals surface area contributed by atoms with Gasteiger partial charge in [0, 0.05) is 43.4 Å². The number of hydrogen-bond acceptors (Lipinski definition) is 3. The first kappa shape index (κ1) is 23.2. The van der Waals surface area contributed by atoms with Crippen molar-refractivity contribution in [1.82, 2.24) is 4.90 Å². The molecule has 1 saturated heterocycles. The van der Waals surface area contributed by atoms with Crippen LogP contribution < -0.4 is 4.90 Å². The van der Waals surface area contributed by atoms with Gasteiger partial charge in [-0.15, -0.1) is 24.8 Å². The van der Waals surface area contributed by atoms with Gasteiger partial charge in [-0.25, -0.2) is 4.39 Å². The van der Waals surface area contributed by atoms with E-state index in [2.05, 4.69) is 21.9 Å². The molecular weight excluding hydrogens is 422 g/mol. The first-order chi connectivity index (χ1) is 12.7. The molecule has 0 radical (unpaired) electrons. The standard InChI is InChI=1S/C21H24ClFN2O.2ClH/c22-17-1-6-20-16(15-17)8-14-26-21(20)7-9-24-10-12-25(13-11-24)19-4-2-18(23)3-5-19;;/h1-6,15,21H,7-14H2;2*1H. The van der Waals surface area contributed by atoms with E-state index in [0.717, 1.165) is 62.9 Å². The normalized spacial score (nSPS) is 19.4. The number of rotatable bonds is 4. The van der Waals surface area contributed by atoms with Crippen LogP contribution in [0.25, 0.3) is 0 Å². The molecule has 0 aliphatic carbocycles. The van der Waals surface area contributed by atoms with Crippen LogP contribution in [0.5, 0.6) is 0 Å². The number of piperazine rings is 1. The molecule has 1 atom stereocenters. The molecule has 2 aliphatic rings. The maximum Gasteiger partial charge on any atom is 0.123 e. The van der Waals surface area contributed by atoms with Crippen molar-refractivity contribution >= 4 is 42.1 Å². The summed E-state index contributed by atoms with van der Waals surface area (Å²) in [5.74, 6) is -0.179. The highest BCUT2D eigenvalue weighted by Gasteiger charge is 2.23. The van der Waals surface area contributed by atoms with E-state index >= 15 is 0 Å².